The van der Waals surface area contributed by atoms with E-state index in [0.717, 1.165) is 11.0 Å². The van der Waals surface area contributed by atoms with Gasteiger partial charge in [-0.1, -0.05) is 24.3 Å². The second kappa shape index (κ2) is 5.40. The standard InChI is InChI=1S/C16H23BO4/c1-15(2)16(3,4)21-17(20-15)13-7-5-12(6-8-13)9-19-14-10-18-11-14/h5-8,14H,9-11H2,1-4H3. The Morgan fingerprint density at radius 2 is 1.62 bits per heavy atom. The molecule has 0 saturated carbocycles. The van der Waals surface area contributed by atoms with Crippen LogP contribution in [0.5, 0.6) is 0 Å². The fourth-order valence-electron chi connectivity index (χ4n) is 2.27. The van der Waals surface area contributed by atoms with Crippen molar-refractivity contribution in [2.24, 2.45) is 0 Å². The Labute approximate surface area is 126 Å². The van der Waals surface area contributed by atoms with E-state index in [4.69, 9.17) is 18.8 Å². The second-order valence-electron chi connectivity index (χ2n) is 6.80. The Morgan fingerprint density at radius 3 is 2.10 bits per heavy atom. The van der Waals surface area contributed by atoms with E-state index < -0.39 is 0 Å². The van der Waals surface area contributed by atoms with Gasteiger partial charge in [0, 0.05) is 0 Å². The van der Waals surface area contributed by atoms with E-state index >= 15 is 0 Å². The second-order valence-corrected chi connectivity index (χ2v) is 6.80. The first-order chi connectivity index (χ1) is 9.87. The van der Waals surface area contributed by atoms with Gasteiger partial charge in [0.25, 0.3) is 0 Å². The van der Waals surface area contributed by atoms with Crippen molar-refractivity contribution >= 4 is 12.6 Å². The summed E-state index contributed by atoms with van der Waals surface area (Å²) >= 11 is 0. The Kier molecular flexibility index (Phi) is 3.86. The molecule has 0 aliphatic carbocycles. The lowest BCUT2D eigenvalue weighted by Gasteiger charge is -2.32. The first-order valence-corrected chi connectivity index (χ1v) is 7.51. The largest absolute Gasteiger partial charge is 0.494 e. The van der Waals surface area contributed by atoms with Gasteiger partial charge in [0.2, 0.25) is 0 Å². The van der Waals surface area contributed by atoms with Crippen molar-refractivity contribution in [2.45, 2.75) is 51.6 Å². The van der Waals surface area contributed by atoms with Crippen LogP contribution in [0.2, 0.25) is 0 Å². The molecule has 2 aliphatic heterocycles. The lowest BCUT2D eigenvalue weighted by Crippen LogP contribution is -2.41. The molecule has 0 spiro atoms. The average Bonchev–Trinajstić information content (AvgIpc) is 2.57. The summed E-state index contributed by atoms with van der Waals surface area (Å²) in [5, 5.41) is 0. The monoisotopic (exact) mass is 290 g/mol. The molecule has 21 heavy (non-hydrogen) atoms. The van der Waals surface area contributed by atoms with Crippen LogP contribution in [0, 0.1) is 0 Å². The van der Waals surface area contributed by atoms with Crippen LogP contribution in [0.15, 0.2) is 24.3 Å². The molecule has 2 heterocycles. The number of rotatable bonds is 4. The Balaban J connectivity index is 1.62. The summed E-state index contributed by atoms with van der Waals surface area (Å²) in [6, 6.07) is 8.25. The van der Waals surface area contributed by atoms with Crippen LogP contribution in [0.25, 0.3) is 0 Å². The summed E-state index contributed by atoms with van der Waals surface area (Å²) in [7, 11) is -0.301. The molecule has 0 aromatic heterocycles. The molecule has 114 valence electrons. The SMILES string of the molecule is CC1(C)OB(c2ccc(COC3COC3)cc2)OC1(C)C. The molecule has 2 aliphatic rings. The molecule has 2 saturated heterocycles. The Morgan fingerprint density at radius 1 is 1.05 bits per heavy atom. The number of benzene rings is 1. The fourth-order valence-corrected chi connectivity index (χ4v) is 2.27. The van der Waals surface area contributed by atoms with Crippen molar-refractivity contribution in [1.29, 1.82) is 0 Å². The average molecular weight is 290 g/mol. The lowest BCUT2D eigenvalue weighted by atomic mass is 9.79. The zero-order valence-electron chi connectivity index (χ0n) is 13.2. The van der Waals surface area contributed by atoms with Crippen LogP contribution in [0.3, 0.4) is 0 Å². The maximum absolute atomic E-state index is 6.04. The van der Waals surface area contributed by atoms with Crippen molar-refractivity contribution in [1.82, 2.24) is 0 Å². The highest BCUT2D eigenvalue weighted by Gasteiger charge is 2.51. The summed E-state index contributed by atoms with van der Waals surface area (Å²) < 4.78 is 22.9. The number of ether oxygens (including phenoxy) is 2. The molecular weight excluding hydrogens is 267 g/mol. The molecule has 0 unspecified atom stereocenters. The molecule has 0 amide bonds. The molecular formula is C16H23BO4. The third-order valence-electron chi connectivity index (χ3n) is 4.60. The van der Waals surface area contributed by atoms with Crippen LogP contribution in [0.1, 0.15) is 33.3 Å². The van der Waals surface area contributed by atoms with Crippen LogP contribution >= 0.6 is 0 Å². The predicted octanol–water partition coefficient (Wildman–Crippen LogP) is 1.90. The topological polar surface area (TPSA) is 36.9 Å². The van der Waals surface area contributed by atoms with Gasteiger partial charge in [0.15, 0.2) is 0 Å². The van der Waals surface area contributed by atoms with E-state index in [1.54, 1.807) is 0 Å². The van der Waals surface area contributed by atoms with Crippen LogP contribution in [-0.2, 0) is 25.4 Å². The van der Waals surface area contributed by atoms with Gasteiger partial charge in [0.05, 0.1) is 31.0 Å². The minimum atomic E-state index is -0.302. The van der Waals surface area contributed by atoms with Crippen LogP contribution < -0.4 is 5.46 Å². The van der Waals surface area contributed by atoms with E-state index in [2.05, 4.69) is 52.0 Å². The summed E-state index contributed by atoms with van der Waals surface area (Å²) in [5.41, 5.74) is 1.60. The van der Waals surface area contributed by atoms with Gasteiger partial charge in [-0.15, -0.1) is 0 Å². The summed E-state index contributed by atoms with van der Waals surface area (Å²) in [5.74, 6) is 0. The van der Waals surface area contributed by atoms with Crippen molar-refractivity contribution < 1.29 is 18.8 Å². The first kappa shape index (κ1) is 15.0. The molecule has 3 rings (SSSR count). The molecule has 0 N–H and O–H groups in total. The minimum Gasteiger partial charge on any atom is -0.399 e. The van der Waals surface area contributed by atoms with Gasteiger partial charge in [0.1, 0.15) is 6.10 Å². The van der Waals surface area contributed by atoms with E-state index in [1.807, 2.05) is 0 Å². The number of hydrogen-bond donors (Lipinski definition) is 0. The molecule has 0 atom stereocenters. The zero-order valence-corrected chi connectivity index (χ0v) is 13.2. The lowest BCUT2D eigenvalue weighted by molar-refractivity contribution is -0.135. The van der Waals surface area contributed by atoms with Crippen LogP contribution in [-0.4, -0.2) is 37.6 Å². The normalized spacial score (nSPS) is 24.1. The van der Waals surface area contributed by atoms with Crippen molar-refractivity contribution in [3.05, 3.63) is 29.8 Å². The smallest absolute Gasteiger partial charge is 0.399 e. The van der Waals surface area contributed by atoms with Crippen molar-refractivity contribution in [3.63, 3.8) is 0 Å². The Bertz CT molecular complexity index is 478. The van der Waals surface area contributed by atoms with Crippen molar-refractivity contribution in [3.8, 4) is 0 Å². The van der Waals surface area contributed by atoms with Crippen LogP contribution in [0.4, 0.5) is 0 Å². The van der Waals surface area contributed by atoms with Gasteiger partial charge < -0.3 is 18.8 Å². The highest BCUT2D eigenvalue weighted by Crippen LogP contribution is 2.36. The van der Waals surface area contributed by atoms with Gasteiger partial charge in [-0.05, 0) is 38.7 Å². The number of hydrogen-bond acceptors (Lipinski definition) is 4. The van der Waals surface area contributed by atoms with Gasteiger partial charge in [-0.3, -0.25) is 0 Å². The van der Waals surface area contributed by atoms with E-state index in [1.165, 1.54) is 0 Å². The predicted molar refractivity (Wildman–Crippen MR) is 81.6 cm³/mol. The van der Waals surface area contributed by atoms with Gasteiger partial charge in [-0.2, -0.15) is 0 Å². The van der Waals surface area contributed by atoms with E-state index in [9.17, 15) is 0 Å². The van der Waals surface area contributed by atoms with Crippen molar-refractivity contribution in [2.75, 3.05) is 13.2 Å². The highest BCUT2D eigenvalue weighted by molar-refractivity contribution is 6.62. The molecule has 1 aromatic carbocycles. The Hall–Kier alpha value is -0.875. The van der Waals surface area contributed by atoms with E-state index in [0.29, 0.717) is 19.8 Å². The summed E-state index contributed by atoms with van der Waals surface area (Å²) in [6.45, 7) is 10.3. The zero-order chi connectivity index (χ0) is 15.1. The first-order valence-electron chi connectivity index (χ1n) is 7.51. The molecule has 2 fully saturated rings. The molecule has 0 radical (unpaired) electrons. The quantitative estimate of drug-likeness (QED) is 0.794. The fraction of sp³-hybridized carbons (Fsp3) is 0.625. The molecule has 1 aromatic rings. The summed E-state index contributed by atoms with van der Waals surface area (Å²) in [6.07, 6.45) is 0.257. The maximum atomic E-state index is 6.04. The minimum absolute atomic E-state index is 0.257. The molecule has 5 heteroatoms. The van der Waals surface area contributed by atoms with E-state index in [-0.39, 0.29) is 24.4 Å². The highest BCUT2D eigenvalue weighted by atomic mass is 16.7. The summed E-state index contributed by atoms with van der Waals surface area (Å²) in [4.78, 5) is 0. The third-order valence-corrected chi connectivity index (χ3v) is 4.60. The van der Waals surface area contributed by atoms with Gasteiger partial charge in [-0.25, -0.2) is 0 Å². The van der Waals surface area contributed by atoms with Gasteiger partial charge >= 0.3 is 7.12 Å². The molecule has 4 nitrogen and oxygen atoms in total. The molecule has 0 bridgehead atoms. The third kappa shape index (κ3) is 3.02. The maximum Gasteiger partial charge on any atom is 0.494 e.